The Labute approximate surface area is 123 Å². The average molecular weight is 286 g/mol. The zero-order valence-corrected chi connectivity index (χ0v) is 11.7. The molecule has 2 aliphatic rings. The largest absolute Gasteiger partial charge is 0.399 e. The number of urea groups is 1. The highest BCUT2D eigenvalue weighted by molar-refractivity contribution is 5.92. The number of nitrogens with zero attached hydrogens (tertiary/aromatic N) is 2. The molecule has 1 atom stereocenters. The third kappa shape index (κ3) is 2.84. The lowest BCUT2D eigenvalue weighted by atomic mass is 10.1. The van der Waals surface area contributed by atoms with Gasteiger partial charge in [-0.05, 0) is 23.8 Å². The molecule has 21 heavy (non-hydrogen) atoms. The highest BCUT2D eigenvalue weighted by atomic mass is 16.2. The van der Waals surface area contributed by atoms with Crippen molar-refractivity contribution in [2.75, 3.05) is 31.9 Å². The van der Waals surface area contributed by atoms with Gasteiger partial charge in [0.2, 0.25) is 5.91 Å². The fraction of sp³-hybridized carbons (Fsp3) is 0.333. The molecule has 0 spiro atoms. The SMILES string of the molecule is Nc1cccc(/C=C/C(=O)N2CCN3C(=O)NCC3C2)c1. The van der Waals surface area contributed by atoms with Crippen LogP contribution in [0.5, 0.6) is 0 Å². The summed E-state index contributed by atoms with van der Waals surface area (Å²) < 4.78 is 0. The Morgan fingerprint density at radius 1 is 1.38 bits per heavy atom. The van der Waals surface area contributed by atoms with Crippen molar-refractivity contribution in [3.8, 4) is 0 Å². The van der Waals surface area contributed by atoms with E-state index in [1.807, 2.05) is 24.3 Å². The second-order valence-corrected chi connectivity index (χ2v) is 5.32. The number of nitrogens with two attached hydrogens (primary N) is 1. The van der Waals surface area contributed by atoms with Gasteiger partial charge >= 0.3 is 6.03 Å². The van der Waals surface area contributed by atoms with E-state index in [0.29, 0.717) is 31.9 Å². The lowest BCUT2D eigenvalue weighted by Crippen LogP contribution is -2.53. The van der Waals surface area contributed by atoms with Crippen molar-refractivity contribution in [2.45, 2.75) is 6.04 Å². The molecule has 0 aromatic heterocycles. The summed E-state index contributed by atoms with van der Waals surface area (Å²) in [5, 5.41) is 2.80. The average Bonchev–Trinajstić information content (AvgIpc) is 2.86. The molecule has 3 rings (SSSR count). The zero-order chi connectivity index (χ0) is 14.8. The number of hydrogen-bond acceptors (Lipinski definition) is 3. The Kier molecular flexibility index (Phi) is 3.51. The van der Waals surface area contributed by atoms with Gasteiger partial charge in [-0.25, -0.2) is 4.79 Å². The van der Waals surface area contributed by atoms with Crippen molar-refractivity contribution in [1.29, 1.82) is 0 Å². The highest BCUT2D eigenvalue weighted by Gasteiger charge is 2.36. The molecule has 1 aromatic carbocycles. The maximum atomic E-state index is 12.2. The van der Waals surface area contributed by atoms with Crippen molar-refractivity contribution < 1.29 is 9.59 Å². The molecule has 0 saturated carbocycles. The lowest BCUT2D eigenvalue weighted by molar-refractivity contribution is -0.128. The Morgan fingerprint density at radius 3 is 3.05 bits per heavy atom. The third-order valence-electron chi connectivity index (χ3n) is 3.87. The molecule has 0 radical (unpaired) electrons. The quantitative estimate of drug-likeness (QED) is 0.614. The Bertz CT molecular complexity index is 599. The predicted octanol–water partition coefficient (Wildman–Crippen LogP) is 0.518. The molecule has 110 valence electrons. The molecular weight excluding hydrogens is 268 g/mol. The number of rotatable bonds is 2. The molecule has 2 heterocycles. The van der Waals surface area contributed by atoms with E-state index in [1.165, 1.54) is 0 Å². The van der Waals surface area contributed by atoms with E-state index in [-0.39, 0.29) is 18.0 Å². The van der Waals surface area contributed by atoms with Gasteiger partial charge in [-0.2, -0.15) is 0 Å². The van der Waals surface area contributed by atoms with Crippen LogP contribution >= 0.6 is 0 Å². The number of amides is 3. The van der Waals surface area contributed by atoms with Crippen molar-refractivity contribution in [2.24, 2.45) is 0 Å². The van der Waals surface area contributed by atoms with Crippen LogP contribution < -0.4 is 11.1 Å². The summed E-state index contributed by atoms with van der Waals surface area (Å²) in [6.07, 6.45) is 3.33. The predicted molar refractivity (Wildman–Crippen MR) is 80.4 cm³/mol. The number of hydrogen-bond donors (Lipinski definition) is 2. The van der Waals surface area contributed by atoms with Gasteiger partial charge in [0.15, 0.2) is 0 Å². The fourth-order valence-electron chi connectivity index (χ4n) is 2.74. The second kappa shape index (κ2) is 5.47. The maximum absolute atomic E-state index is 12.2. The summed E-state index contributed by atoms with van der Waals surface area (Å²) in [6.45, 7) is 2.36. The molecule has 2 fully saturated rings. The van der Waals surface area contributed by atoms with Crippen LogP contribution in [-0.2, 0) is 4.79 Å². The summed E-state index contributed by atoms with van der Waals surface area (Å²) >= 11 is 0. The Morgan fingerprint density at radius 2 is 2.24 bits per heavy atom. The standard InChI is InChI=1S/C15H18N4O2/c16-12-3-1-2-11(8-12)4-5-14(20)18-6-7-19-13(10-18)9-17-15(19)21/h1-5,8,13H,6-7,9-10,16H2,(H,17,21)/b5-4+. The Hall–Kier alpha value is -2.50. The van der Waals surface area contributed by atoms with E-state index in [0.717, 1.165) is 5.56 Å². The summed E-state index contributed by atoms with van der Waals surface area (Å²) in [5.74, 6) is -0.0311. The molecule has 6 heteroatoms. The van der Waals surface area contributed by atoms with Crippen molar-refractivity contribution >= 4 is 23.7 Å². The van der Waals surface area contributed by atoms with Gasteiger partial charge in [0, 0.05) is 37.9 Å². The van der Waals surface area contributed by atoms with Crippen molar-refractivity contribution in [3.63, 3.8) is 0 Å². The monoisotopic (exact) mass is 286 g/mol. The molecule has 1 aromatic rings. The maximum Gasteiger partial charge on any atom is 0.317 e. The number of benzene rings is 1. The highest BCUT2D eigenvalue weighted by Crippen LogP contribution is 2.15. The molecule has 3 N–H and O–H groups in total. The van der Waals surface area contributed by atoms with Crippen LogP contribution in [-0.4, -0.2) is 54.0 Å². The minimum Gasteiger partial charge on any atom is -0.399 e. The molecule has 3 amide bonds. The zero-order valence-electron chi connectivity index (χ0n) is 11.7. The Balaban J connectivity index is 1.62. The molecular formula is C15H18N4O2. The van der Waals surface area contributed by atoms with Gasteiger partial charge in [0.05, 0.1) is 6.04 Å². The fourth-order valence-corrected chi connectivity index (χ4v) is 2.74. The van der Waals surface area contributed by atoms with E-state index < -0.39 is 0 Å². The first-order valence-corrected chi connectivity index (χ1v) is 7.00. The number of piperazine rings is 1. The third-order valence-corrected chi connectivity index (χ3v) is 3.87. The number of anilines is 1. The van der Waals surface area contributed by atoms with E-state index in [1.54, 1.807) is 22.0 Å². The molecule has 6 nitrogen and oxygen atoms in total. The van der Waals surface area contributed by atoms with E-state index in [9.17, 15) is 9.59 Å². The molecule has 0 aliphatic carbocycles. The van der Waals surface area contributed by atoms with Crippen molar-refractivity contribution in [3.05, 3.63) is 35.9 Å². The van der Waals surface area contributed by atoms with Gasteiger partial charge in [0.1, 0.15) is 0 Å². The first-order chi connectivity index (χ1) is 10.1. The minimum absolute atomic E-state index is 0.0256. The first-order valence-electron chi connectivity index (χ1n) is 7.00. The van der Waals surface area contributed by atoms with Crippen molar-refractivity contribution in [1.82, 2.24) is 15.1 Å². The second-order valence-electron chi connectivity index (χ2n) is 5.32. The van der Waals surface area contributed by atoms with Crippen LogP contribution in [0.3, 0.4) is 0 Å². The number of nitrogen functional groups attached to an aromatic ring is 1. The number of carbonyl (C=O) groups excluding carboxylic acids is 2. The van der Waals surface area contributed by atoms with Gasteiger partial charge in [-0.3, -0.25) is 4.79 Å². The summed E-state index contributed by atoms with van der Waals surface area (Å²) in [5.41, 5.74) is 7.28. The van der Waals surface area contributed by atoms with Crippen LogP contribution in [0.1, 0.15) is 5.56 Å². The molecule has 0 bridgehead atoms. The van der Waals surface area contributed by atoms with Gasteiger partial charge in [0.25, 0.3) is 0 Å². The summed E-state index contributed by atoms with van der Waals surface area (Å²) in [4.78, 5) is 27.3. The van der Waals surface area contributed by atoms with Crippen LogP contribution in [0, 0.1) is 0 Å². The van der Waals surface area contributed by atoms with E-state index in [4.69, 9.17) is 5.73 Å². The van der Waals surface area contributed by atoms with E-state index in [2.05, 4.69) is 5.32 Å². The van der Waals surface area contributed by atoms with Crippen LogP contribution in [0.15, 0.2) is 30.3 Å². The number of carbonyl (C=O) groups is 2. The molecule has 2 aliphatic heterocycles. The first kappa shape index (κ1) is 13.5. The number of nitrogens with one attached hydrogen (secondary N) is 1. The normalized spacial score (nSPS) is 21.5. The van der Waals surface area contributed by atoms with Gasteiger partial charge in [-0.15, -0.1) is 0 Å². The van der Waals surface area contributed by atoms with Crippen LogP contribution in [0.25, 0.3) is 6.08 Å². The van der Waals surface area contributed by atoms with Gasteiger partial charge in [-0.1, -0.05) is 12.1 Å². The smallest absolute Gasteiger partial charge is 0.317 e. The summed E-state index contributed by atoms with van der Waals surface area (Å²) in [7, 11) is 0. The topological polar surface area (TPSA) is 78.7 Å². The van der Waals surface area contributed by atoms with E-state index >= 15 is 0 Å². The van der Waals surface area contributed by atoms with Gasteiger partial charge < -0.3 is 20.9 Å². The minimum atomic E-state index is -0.0311. The molecule has 1 unspecified atom stereocenters. The molecule has 2 saturated heterocycles. The van der Waals surface area contributed by atoms with Crippen LogP contribution in [0.2, 0.25) is 0 Å². The lowest BCUT2D eigenvalue weighted by Gasteiger charge is -2.35. The number of fused-ring (bicyclic) bond motifs is 1. The summed E-state index contributed by atoms with van der Waals surface area (Å²) in [6, 6.07) is 7.45. The van der Waals surface area contributed by atoms with Crippen LogP contribution in [0.4, 0.5) is 10.5 Å².